The van der Waals surface area contributed by atoms with Crippen molar-refractivity contribution >= 4 is 45.8 Å². The van der Waals surface area contributed by atoms with Crippen molar-refractivity contribution in [3.05, 3.63) is 65.9 Å². The number of imidazole rings is 2. The molecule has 2 unspecified atom stereocenters. The molecule has 0 bridgehead atoms. The molecule has 3 saturated heterocycles. The summed E-state index contributed by atoms with van der Waals surface area (Å²) in [5.74, 6) is 1.39. The summed E-state index contributed by atoms with van der Waals surface area (Å²) in [7, 11) is 2.97. The molecule has 3 aromatic carbocycles. The van der Waals surface area contributed by atoms with Gasteiger partial charge in [-0.25, -0.2) is 19.6 Å². The van der Waals surface area contributed by atoms with Crippen molar-refractivity contribution in [3.63, 3.8) is 0 Å². The SMILES string of the molecule is COC[C@H]1C[C@@H](c2ncc(-c3ccc4c(c3)COc3cc5c(ccc6[nH]c([C@@H]7CC[C@H](C)N7C(=O)C(NC(=O)O)C(C)C)nc65)cc3-4)[nH]2)N(C(=O)C(NC(=O)OC)C2C[C@@H](C)O[C@H](C)C2)C1. The second kappa shape index (κ2) is 18.2. The molecule has 9 rings (SSSR count). The van der Waals surface area contributed by atoms with Crippen molar-refractivity contribution in [2.75, 3.05) is 27.4 Å². The van der Waals surface area contributed by atoms with Crippen molar-refractivity contribution in [1.29, 1.82) is 0 Å². The molecular formula is C49H60N8O9. The normalized spacial score (nSPS) is 24.8. The van der Waals surface area contributed by atoms with Crippen LogP contribution >= 0.6 is 0 Å². The van der Waals surface area contributed by atoms with Gasteiger partial charge >= 0.3 is 12.2 Å². The number of methoxy groups -OCH3 is 2. The van der Waals surface area contributed by atoms with E-state index in [-0.39, 0.29) is 59.9 Å². The van der Waals surface area contributed by atoms with Gasteiger partial charge in [0.1, 0.15) is 36.1 Å². The van der Waals surface area contributed by atoms with Crippen LogP contribution in [0.4, 0.5) is 9.59 Å². The average Bonchev–Trinajstić information content (AvgIpc) is 4.11. The van der Waals surface area contributed by atoms with E-state index < -0.39 is 24.3 Å². The number of nitrogens with one attached hydrogen (secondary N) is 4. The van der Waals surface area contributed by atoms with Crippen molar-refractivity contribution < 1.29 is 43.2 Å². The Morgan fingerprint density at radius 3 is 2.42 bits per heavy atom. The molecule has 17 heteroatoms. The molecular weight excluding hydrogens is 845 g/mol. The summed E-state index contributed by atoms with van der Waals surface area (Å²) in [6, 6.07) is 12.1. The lowest BCUT2D eigenvalue weighted by molar-refractivity contribution is -0.139. The number of carbonyl (C=O) groups excluding carboxylic acids is 3. The number of aromatic nitrogens is 4. The quantitative estimate of drug-likeness (QED) is 0.0877. The van der Waals surface area contributed by atoms with Gasteiger partial charge in [0.2, 0.25) is 11.8 Å². The zero-order valence-corrected chi connectivity index (χ0v) is 38.6. The van der Waals surface area contributed by atoms with Crippen LogP contribution in [0.1, 0.15) is 96.0 Å². The first-order valence-corrected chi connectivity index (χ1v) is 23.1. The summed E-state index contributed by atoms with van der Waals surface area (Å²) in [5, 5.41) is 16.7. The number of amides is 4. The van der Waals surface area contributed by atoms with E-state index in [9.17, 15) is 24.3 Å². The Morgan fingerprint density at radius 2 is 1.70 bits per heavy atom. The number of ether oxygens (including phenoxy) is 4. The molecule has 0 saturated carbocycles. The van der Waals surface area contributed by atoms with Gasteiger partial charge in [-0.15, -0.1) is 0 Å². The molecule has 8 atom stereocenters. The van der Waals surface area contributed by atoms with E-state index >= 15 is 0 Å². The first-order chi connectivity index (χ1) is 31.7. The maximum absolute atomic E-state index is 14.6. The Balaban J connectivity index is 0.970. The van der Waals surface area contributed by atoms with Gasteiger partial charge < -0.3 is 54.5 Å². The highest BCUT2D eigenvalue weighted by Crippen LogP contribution is 2.44. The van der Waals surface area contributed by atoms with Crippen LogP contribution in [0.5, 0.6) is 5.75 Å². The van der Waals surface area contributed by atoms with Gasteiger partial charge in [0, 0.05) is 36.6 Å². The molecule has 6 heterocycles. The van der Waals surface area contributed by atoms with E-state index in [4.69, 9.17) is 28.9 Å². The standard InChI is InChI=1S/C49H60N8O9/c1-24(2)41(54-48(60)61)47(59)57-25(3)8-13-38(57)45-51-36-12-10-29-18-35-33-11-9-30(17-32(33)23-65-40(35)19-34(29)43(36)53-45)37-20-50-44(52-37)39-16-28(22-63-6)21-56(39)46(58)42(55-49(62)64-7)31-14-26(4)66-27(5)15-31/h9-12,17-20,24-28,31,38-39,41-42,54H,8,13-16,21-23H2,1-7H3,(H,50,52)(H,51,53)(H,55,62)(H,60,61)/t25-,26+,27+,28-,38-,39-,41?,42?/m0/s1. The largest absolute Gasteiger partial charge is 0.488 e. The lowest BCUT2D eigenvalue weighted by Gasteiger charge is -2.38. The molecule has 4 aliphatic rings. The molecule has 17 nitrogen and oxygen atoms in total. The highest BCUT2D eigenvalue weighted by atomic mass is 16.5. The Kier molecular flexibility index (Phi) is 12.4. The van der Waals surface area contributed by atoms with Gasteiger partial charge in [-0.3, -0.25) is 9.59 Å². The summed E-state index contributed by atoms with van der Waals surface area (Å²) < 4.78 is 23.0. The molecule has 0 radical (unpaired) electrons. The molecule has 0 aliphatic carbocycles. The van der Waals surface area contributed by atoms with E-state index in [2.05, 4.69) is 50.9 Å². The Labute approximate surface area is 383 Å². The van der Waals surface area contributed by atoms with Crippen LogP contribution in [-0.2, 0) is 30.4 Å². The maximum Gasteiger partial charge on any atom is 0.407 e. The average molecular weight is 905 g/mol. The monoisotopic (exact) mass is 904 g/mol. The molecule has 0 spiro atoms. The molecule has 4 aliphatic heterocycles. The van der Waals surface area contributed by atoms with E-state index in [1.807, 2.05) is 51.7 Å². The Bertz CT molecular complexity index is 2650. The molecule has 5 aromatic rings. The minimum Gasteiger partial charge on any atom is -0.488 e. The van der Waals surface area contributed by atoms with Gasteiger partial charge in [0.25, 0.3) is 0 Å². The van der Waals surface area contributed by atoms with Crippen LogP contribution in [0, 0.1) is 17.8 Å². The minimum absolute atomic E-state index is 0.0526. The summed E-state index contributed by atoms with van der Waals surface area (Å²) in [6.45, 7) is 11.0. The third kappa shape index (κ3) is 8.54. The fraction of sp³-hybridized carbons (Fsp3) is 0.510. The molecule has 4 amide bonds. The number of benzene rings is 3. The molecule has 3 fully saturated rings. The summed E-state index contributed by atoms with van der Waals surface area (Å²) in [5.41, 5.74) is 6.40. The maximum atomic E-state index is 14.6. The molecule has 2 aromatic heterocycles. The van der Waals surface area contributed by atoms with Crippen LogP contribution in [0.15, 0.2) is 48.7 Å². The molecule has 66 heavy (non-hydrogen) atoms. The number of likely N-dealkylation sites (tertiary alicyclic amines) is 2. The summed E-state index contributed by atoms with van der Waals surface area (Å²) >= 11 is 0. The van der Waals surface area contributed by atoms with E-state index in [0.717, 1.165) is 61.9 Å². The van der Waals surface area contributed by atoms with Crippen LogP contribution in [-0.4, -0.2) is 117 Å². The van der Waals surface area contributed by atoms with Crippen LogP contribution < -0.4 is 15.4 Å². The number of hydrogen-bond acceptors (Lipinski definition) is 10. The number of carbonyl (C=O) groups is 4. The van der Waals surface area contributed by atoms with E-state index in [1.54, 1.807) is 18.2 Å². The third-order valence-electron chi connectivity index (χ3n) is 14.0. The van der Waals surface area contributed by atoms with E-state index in [1.165, 1.54) is 7.11 Å². The van der Waals surface area contributed by atoms with Crippen LogP contribution in [0.25, 0.3) is 44.2 Å². The van der Waals surface area contributed by atoms with Gasteiger partial charge in [0.05, 0.1) is 60.9 Å². The van der Waals surface area contributed by atoms with Gasteiger partial charge in [-0.1, -0.05) is 32.0 Å². The number of aromatic amines is 2. The smallest absolute Gasteiger partial charge is 0.407 e. The first-order valence-electron chi connectivity index (χ1n) is 23.1. The number of fused-ring (bicyclic) bond motifs is 6. The minimum atomic E-state index is -1.22. The predicted molar refractivity (Wildman–Crippen MR) is 246 cm³/mol. The molecule has 350 valence electrons. The lowest BCUT2D eigenvalue weighted by atomic mass is 9.85. The second-order valence-corrected chi connectivity index (χ2v) is 19.0. The summed E-state index contributed by atoms with van der Waals surface area (Å²) in [6.07, 6.45) is 3.23. The highest BCUT2D eigenvalue weighted by molar-refractivity contribution is 6.07. The van der Waals surface area contributed by atoms with Gasteiger partial charge in [-0.05, 0) is 111 Å². The topological polar surface area (TPSA) is 213 Å². The van der Waals surface area contributed by atoms with Crippen LogP contribution in [0.3, 0.4) is 0 Å². The fourth-order valence-corrected chi connectivity index (χ4v) is 11.0. The van der Waals surface area contributed by atoms with E-state index in [0.29, 0.717) is 57.1 Å². The van der Waals surface area contributed by atoms with Crippen molar-refractivity contribution in [2.45, 2.75) is 116 Å². The predicted octanol–water partition coefficient (Wildman–Crippen LogP) is 7.47. The highest BCUT2D eigenvalue weighted by Gasteiger charge is 2.45. The second-order valence-electron chi connectivity index (χ2n) is 19.0. The van der Waals surface area contributed by atoms with Gasteiger partial charge in [-0.2, -0.15) is 0 Å². The number of hydrogen-bond donors (Lipinski definition) is 5. The van der Waals surface area contributed by atoms with Crippen molar-refractivity contribution in [3.8, 4) is 28.1 Å². The number of rotatable bonds is 11. The summed E-state index contributed by atoms with van der Waals surface area (Å²) in [4.78, 5) is 73.2. The first kappa shape index (κ1) is 45.0. The number of alkyl carbamates (subject to hydrolysis) is 1. The number of nitrogens with zero attached hydrogens (tertiary/aromatic N) is 4. The van der Waals surface area contributed by atoms with Crippen LogP contribution in [0.2, 0.25) is 0 Å². The zero-order valence-electron chi connectivity index (χ0n) is 38.6. The number of H-pyrrole nitrogens is 2. The van der Waals surface area contributed by atoms with Crippen molar-refractivity contribution in [2.24, 2.45) is 17.8 Å². The molecule has 5 N–H and O–H groups in total. The fourth-order valence-electron chi connectivity index (χ4n) is 11.0. The Morgan fingerprint density at radius 1 is 0.909 bits per heavy atom. The van der Waals surface area contributed by atoms with Crippen molar-refractivity contribution in [1.82, 2.24) is 40.4 Å². The lowest BCUT2D eigenvalue weighted by Crippen LogP contribution is -2.54. The Hall–Kier alpha value is -6.20. The number of carboxylic acid groups (broad SMARTS) is 1. The third-order valence-corrected chi connectivity index (χ3v) is 14.0. The van der Waals surface area contributed by atoms with Gasteiger partial charge in [0.15, 0.2) is 0 Å². The zero-order chi connectivity index (χ0) is 46.6.